The minimum Gasteiger partial charge on any atom is -0.462 e. The van der Waals surface area contributed by atoms with E-state index in [1.165, 1.54) is 25.7 Å². The first-order valence-corrected chi connectivity index (χ1v) is 5.86. The summed E-state index contributed by atoms with van der Waals surface area (Å²) in [6, 6.07) is 0. The van der Waals surface area contributed by atoms with Gasteiger partial charge in [-0.1, -0.05) is 25.8 Å². The largest absolute Gasteiger partial charge is 0.462 e. The zero-order valence-electron chi connectivity index (χ0n) is 9.63. The van der Waals surface area contributed by atoms with Gasteiger partial charge in [-0.15, -0.1) is 0 Å². The van der Waals surface area contributed by atoms with Crippen LogP contribution in [-0.4, -0.2) is 12.6 Å². The van der Waals surface area contributed by atoms with E-state index in [0.717, 1.165) is 18.8 Å². The van der Waals surface area contributed by atoms with Crippen LogP contribution in [-0.2, 0) is 9.53 Å². The number of ether oxygens (including phenoxy) is 1. The van der Waals surface area contributed by atoms with Crippen LogP contribution in [0.25, 0.3) is 0 Å². The molecule has 1 atom stereocenters. The molecule has 1 aliphatic rings. The zero-order valence-corrected chi connectivity index (χ0v) is 9.63. The molecule has 0 bridgehead atoms. The predicted molar refractivity (Wildman–Crippen MR) is 61.3 cm³/mol. The van der Waals surface area contributed by atoms with E-state index >= 15 is 0 Å². The normalized spacial score (nSPS) is 17.4. The van der Waals surface area contributed by atoms with E-state index in [0.29, 0.717) is 12.2 Å². The summed E-state index contributed by atoms with van der Waals surface area (Å²) < 4.78 is 5.04. The van der Waals surface area contributed by atoms with Crippen molar-refractivity contribution in [3.8, 4) is 0 Å². The topological polar surface area (TPSA) is 26.3 Å². The molecule has 1 aliphatic carbocycles. The van der Waals surface area contributed by atoms with Crippen LogP contribution in [0.2, 0.25) is 0 Å². The van der Waals surface area contributed by atoms with Crippen LogP contribution in [0.5, 0.6) is 0 Å². The van der Waals surface area contributed by atoms with E-state index in [2.05, 4.69) is 13.0 Å². The van der Waals surface area contributed by atoms with Gasteiger partial charge in [-0.05, 0) is 38.5 Å². The van der Waals surface area contributed by atoms with Crippen molar-refractivity contribution >= 4 is 5.97 Å². The lowest BCUT2D eigenvalue weighted by molar-refractivity contribution is -0.139. The molecule has 0 amide bonds. The summed E-state index contributed by atoms with van der Waals surface area (Å²) in [5.74, 6) is 0.491. The summed E-state index contributed by atoms with van der Waals surface area (Å²) in [4.78, 5) is 11.1. The van der Waals surface area contributed by atoms with Crippen LogP contribution in [0.3, 0.4) is 0 Å². The maximum atomic E-state index is 11.1. The summed E-state index contributed by atoms with van der Waals surface area (Å²) in [7, 11) is 0. The van der Waals surface area contributed by atoms with Crippen molar-refractivity contribution in [2.24, 2.45) is 5.92 Å². The summed E-state index contributed by atoms with van der Waals surface area (Å²) in [6.07, 6.45) is 9.83. The average molecular weight is 209 g/mol. The number of carbonyl (C=O) groups excluding carboxylic acids is 1. The second-order valence-electron chi connectivity index (χ2n) is 4.34. The summed E-state index contributed by atoms with van der Waals surface area (Å²) in [6.45, 7) is 5.76. The third kappa shape index (κ3) is 5.01. The number of rotatable bonds is 5. The lowest BCUT2D eigenvalue weighted by Gasteiger charge is -2.20. The van der Waals surface area contributed by atoms with Gasteiger partial charge in [0.25, 0.3) is 0 Å². The van der Waals surface area contributed by atoms with Gasteiger partial charge in [0.2, 0.25) is 0 Å². The first kappa shape index (κ1) is 12.3. The highest BCUT2D eigenvalue weighted by Crippen LogP contribution is 2.26. The minimum absolute atomic E-state index is 0.261. The molecule has 0 N–H and O–H groups in total. The fourth-order valence-electron chi connectivity index (χ4n) is 1.92. The Labute approximate surface area is 92.7 Å². The lowest BCUT2D eigenvalue weighted by Crippen LogP contribution is -2.10. The molecule has 1 saturated carbocycles. The molecule has 2 nitrogen and oxygen atoms in total. The minimum atomic E-state index is -0.261. The molecule has 1 unspecified atom stereocenters. The SMILES string of the molecule is C=C(C)C(=O)OCCCC1[CH]CCCC1. The van der Waals surface area contributed by atoms with Crippen LogP contribution in [0, 0.1) is 12.3 Å². The standard InChI is InChI=1S/C13H21O2/c1-11(2)13(14)15-10-6-9-12-7-4-3-5-8-12/h7,12H,1,3-6,8-10H2,2H3. The first-order valence-electron chi connectivity index (χ1n) is 5.86. The van der Waals surface area contributed by atoms with Crippen molar-refractivity contribution in [3.63, 3.8) is 0 Å². The molecule has 0 aromatic carbocycles. The predicted octanol–water partition coefficient (Wildman–Crippen LogP) is 3.28. The van der Waals surface area contributed by atoms with Gasteiger partial charge in [0.05, 0.1) is 6.61 Å². The summed E-state index contributed by atoms with van der Waals surface area (Å²) >= 11 is 0. The molecular weight excluding hydrogens is 188 g/mol. The van der Waals surface area contributed by atoms with Gasteiger partial charge in [0.15, 0.2) is 0 Å². The van der Waals surface area contributed by atoms with Gasteiger partial charge in [0, 0.05) is 5.57 Å². The maximum absolute atomic E-state index is 11.1. The second-order valence-corrected chi connectivity index (χ2v) is 4.34. The van der Waals surface area contributed by atoms with E-state index in [1.54, 1.807) is 6.92 Å². The Morgan fingerprint density at radius 3 is 2.93 bits per heavy atom. The molecule has 0 aromatic rings. The Morgan fingerprint density at radius 1 is 1.53 bits per heavy atom. The molecule has 15 heavy (non-hydrogen) atoms. The first-order chi connectivity index (χ1) is 7.20. The van der Waals surface area contributed by atoms with Crippen molar-refractivity contribution in [2.75, 3.05) is 6.61 Å². The average Bonchev–Trinajstić information content (AvgIpc) is 2.25. The smallest absolute Gasteiger partial charge is 0.333 e. The van der Waals surface area contributed by atoms with E-state index in [-0.39, 0.29) is 5.97 Å². The van der Waals surface area contributed by atoms with E-state index < -0.39 is 0 Å². The number of hydrogen-bond donors (Lipinski definition) is 0. The number of carbonyl (C=O) groups is 1. The molecule has 1 rings (SSSR count). The highest BCUT2D eigenvalue weighted by Gasteiger charge is 2.13. The monoisotopic (exact) mass is 209 g/mol. The van der Waals surface area contributed by atoms with Crippen molar-refractivity contribution in [1.29, 1.82) is 0 Å². The second kappa shape index (κ2) is 6.65. The Kier molecular flexibility index (Phi) is 5.44. The lowest BCUT2D eigenvalue weighted by atomic mass is 9.86. The Bertz CT molecular complexity index is 215. The Morgan fingerprint density at radius 2 is 2.33 bits per heavy atom. The van der Waals surface area contributed by atoms with Gasteiger partial charge in [-0.25, -0.2) is 4.79 Å². The molecular formula is C13H21O2. The molecule has 1 radical (unpaired) electrons. The molecule has 0 saturated heterocycles. The third-order valence-electron chi connectivity index (χ3n) is 2.83. The third-order valence-corrected chi connectivity index (χ3v) is 2.83. The maximum Gasteiger partial charge on any atom is 0.333 e. The zero-order chi connectivity index (χ0) is 11.1. The summed E-state index contributed by atoms with van der Waals surface area (Å²) in [5.41, 5.74) is 0.485. The summed E-state index contributed by atoms with van der Waals surface area (Å²) in [5, 5.41) is 0. The molecule has 1 fully saturated rings. The van der Waals surface area contributed by atoms with Crippen LogP contribution in [0.4, 0.5) is 0 Å². The van der Waals surface area contributed by atoms with E-state index in [4.69, 9.17) is 4.74 Å². The van der Waals surface area contributed by atoms with Crippen LogP contribution < -0.4 is 0 Å². The van der Waals surface area contributed by atoms with E-state index in [9.17, 15) is 4.79 Å². The molecule has 2 heteroatoms. The van der Waals surface area contributed by atoms with Crippen molar-refractivity contribution in [1.82, 2.24) is 0 Å². The van der Waals surface area contributed by atoms with Gasteiger partial charge in [-0.3, -0.25) is 0 Å². The van der Waals surface area contributed by atoms with E-state index in [1.807, 2.05) is 0 Å². The van der Waals surface area contributed by atoms with Crippen molar-refractivity contribution in [3.05, 3.63) is 18.6 Å². The highest BCUT2D eigenvalue weighted by molar-refractivity contribution is 5.86. The Hall–Kier alpha value is -0.790. The quantitative estimate of drug-likeness (QED) is 0.394. The number of esters is 1. The van der Waals surface area contributed by atoms with Gasteiger partial charge in [-0.2, -0.15) is 0 Å². The molecule has 0 heterocycles. The van der Waals surface area contributed by atoms with Crippen molar-refractivity contribution < 1.29 is 9.53 Å². The molecule has 0 spiro atoms. The van der Waals surface area contributed by atoms with Gasteiger partial charge >= 0.3 is 5.97 Å². The van der Waals surface area contributed by atoms with Crippen LogP contribution >= 0.6 is 0 Å². The van der Waals surface area contributed by atoms with Gasteiger partial charge in [0.1, 0.15) is 0 Å². The van der Waals surface area contributed by atoms with Crippen LogP contribution in [0.15, 0.2) is 12.2 Å². The van der Waals surface area contributed by atoms with Gasteiger partial charge < -0.3 is 4.74 Å². The number of hydrogen-bond acceptors (Lipinski definition) is 2. The van der Waals surface area contributed by atoms with Crippen LogP contribution in [0.1, 0.15) is 45.4 Å². The molecule has 85 valence electrons. The van der Waals surface area contributed by atoms with Crippen molar-refractivity contribution in [2.45, 2.75) is 45.4 Å². The highest BCUT2D eigenvalue weighted by atomic mass is 16.5. The fourth-order valence-corrected chi connectivity index (χ4v) is 1.92. The molecule has 0 aliphatic heterocycles. The molecule has 0 aromatic heterocycles. The fraction of sp³-hybridized carbons (Fsp3) is 0.692. The Balaban J connectivity index is 2.01.